The maximum atomic E-state index is 13.9. The van der Waals surface area contributed by atoms with Crippen molar-refractivity contribution >= 4 is 11.6 Å². The van der Waals surface area contributed by atoms with Crippen molar-refractivity contribution in [2.75, 3.05) is 37.9 Å². The van der Waals surface area contributed by atoms with Crippen LogP contribution in [0.1, 0.15) is 30.4 Å². The number of nitrogens with zero attached hydrogens (tertiary/aromatic N) is 1. The topological polar surface area (TPSA) is 57.2 Å². The predicted molar refractivity (Wildman–Crippen MR) is 106 cm³/mol. The zero-order valence-electron chi connectivity index (χ0n) is 16.2. The van der Waals surface area contributed by atoms with E-state index < -0.39 is 5.41 Å². The third-order valence-electron chi connectivity index (χ3n) is 6.43. The van der Waals surface area contributed by atoms with Gasteiger partial charge in [0.25, 0.3) is 0 Å². The molecule has 4 heterocycles. The molecule has 0 aliphatic carbocycles. The van der Waals surface area contributed by atoms with Gasteiger partial charge in [0.15, 0.2) is 11.5 Å². The maximum absolute atomic E-state index is 13.9. The molecule has 2 aromatic carbocycles. The maximum Gasteiger partial charge on any atom is 0.245 e. The molecule has 1 spiro atoms. The monoisotopic (exact) mass is 393 g/mol. The van der Waals surface area contributed by atoms with Crippen LogP contribution in [0.15, 0.2) is 36.4 Å². The van der Waals surface area contributed by atoms with Crippen LogP contribution in [0.25, 0.3) is 0 Å². The van der Waals surface area contributed by atoms with E-state index in [9.17, 15) is 4.79 Å². The highest BCUT2D eigenvalue weighted by atomic mass is 16.5. The standard InChI is InChI=1S/C23H23NO5/c25-22-23(14-29-19-12-21-20(11-17(19)23)27-9-4-10-28-21)16-6-1-2-7-18(16)24(22)13-15-5-3-8-26-15/h1-2,6-7,11-12,15H,3-5,8-10,13-14H2. The highest BCUT2D eigenvalue weighted by Gasteiger charge is 2.57. The average Bonchev–Trinajstić information content (AvgIpc) is 3.39. The summed E-state index contributed by atoms with van der Waals surface area (Å²) in [6, 6.07) is 11.9. The molecule has 6 nitrogen and oxygen atoms in total. The average molecular weight is 393 g/mol. The molecular formula is C23H23NO5. The summed E-state index contributed by atoms with van der Waals surface area (Å²) in [6.07, 6.45) is 2.97. The van der Waals surface area contributed by atoms with Crippen LogP contribution < -0.4 is 19.1 Å². The van der Waals surface area contributed by atoms with E-state index in [0.717, 1.165) is 42.7 Å². The van der Waals surface area contributed by atoms with E-state index >= 15 is 0 Å². The highest BCUT2D eigenvalue weighted by molar-refractivity contribution is 6.11. The van der Waals surface area contributed by atoms with Crippen LogP contribution in [-0.4, -0.2) is 45.0 Å². The minimum Gasteiger partial charge on any atom is -0.491 e. The smallest absolute Gasteiger partial charge is 0.245 e. The van der Waals surface area contributed by atoms with Crippen LogP contribution in [-0.2, 0) is 14.9 Å². The number of hydrogen-bond acceptors (Lipinski definition) is 5. The van der Waals surface area contributed by atoms with Crippen molar-refractivity contribution in [3.05, 3.63) is 47.5 Å². The Kier molecular flexibility index (Phi) is 3.78. The van der Waals surface area contributed by atoms with Crippen molar-refractivity contribution in [3.8, 4) is 17.2 Å². The molecule has 0 aromatic heterocycles. The first kappa shape index (κ1) is 17.2. The quantitative estimate of drug-likeness (QED) is 0.785. The molecule has 2 unspecified atom stereocenters. The van der Waals surface area contributed by atoms with Crippen LogP contribution in [0.4, 0.5) is 5.69 Å². The van der Waals surface area contributed by atoms with Crippen molar-refractivity contribution in [3.63, 3.8) is 0 Å². The number of para-hydroxylation sites is 1. The van der Waals surface area contributed by atoms with Crippen molar-refractivity contribution in [1.29, 1.82) is 0 Å². The van der Waals surface area contributed by atoms with Crippen LogP contribution >= 0.6 is 0 Å². The van der Waals surface area contributed by atoms with Crippen LogP contribution in [0.5, 0.6) is 17.2 Å². The molecule has 0 saturated carbocycles. The van der Waals surface area contributed by atoms with E-state index in [1.54, 1.807) is 0 Å². The summed E-state index contributed by atoms with van der Waals surface area (Å²) >= 11 is 0. The minimum atomic E-state index is -0.838. The number of amides is 1. The lowest BCUT2D eigenvalue weighted by molar-refractivity contribution is -0.122. The summed E-state index contributed by atoms with van der Waals surface area (Å²) in [6.45, 7) is 2.87. The summed E-state index contributed by atoms with van der Waals surface area (Å²) < 4.78 is 23.6. The molecule has 0 N–H and O–H groups in total. The lowest BCUT2D eigenvalue weighted by Crippen LogP contribution is -2.44. The summed E-state index contributed by atoms with van der Waals surface area (Å²) in [5.74, 6) is 2.14. The number of carbonyl (C=O) groups excluding carboxylic acids is 1. The second kappa shape index (κ2) is 6.39. The molecule has 1 saturated heterocycles. The van der Waals surface area contributed by atoms with Crippen LogP contribution in [0, 0.1) is 0 Å². The second-order valence-corrected chi connectivity index (χ2v) is 8.11. The van der Waals surface area contributed by atoms with Gasteiger partial charge in [-0.05, 0) is 30.5 Å². The molecule has 1 fully saturated rings. The Balaban J connectivity index is 1.47. The fourth-order valence-electron chi connectivity index (χ4n) is 5.00. The van der Waals surface area contributed by atoms with E-state index in [1.807, 2.05) is 41.3 Å². The molecule has 6 rings (SSSR count). The van der Waals surface area contributed by atoms with Crippen molar-refractivity contribution in [2.45, 2.75) is 30.8 Å². The van der Waals surface area contributed by atoms with Gasteiger partial charge in [-0.2, -0.15) is 0 Å². The van der Waals surface area contributed by atoms with Gasteiger partial charge in [0.2, 0.25) is 5.91 Å². The Hall–Kier alpha value is -2.73. The van der Waals surface area contributed by atoms with Crippen LogP contribution in [0.3, 0.4) is 0 Å². The molecule has 4 aliphatic heterocycles. The van der Waals surface area contributed by atoms with Gasteiger partial charge in [-0.1, -0.05) is 18.2 Å². The Morgan fingerprint density at radius 2 is 1.76 bits per heavy atom. The van der Waals surface area contributed by atoms with Gasteiger partial charge in [-0.15, -0.1) is 0 Å². The molecular weight excluding hydrogens is 370 g/mol. The van der Waals surface area contributed by atoms with Gasteiger partial charge in [0, 0.05) is 30.3 Å². The third-order valence-corrected chi connectivity index (χ3v) is 6.43. The SMILES string of the molecule is O=C1N(CC2CCCO2)c2ccccc2C12COc1cc3c(cc12)OCCCO3. The van der Waals surface area contributed by atoms with E-state index in [2.05, 4.69) is 0 Å². The van der Waals surface area contributed by atoms with E-state index in [4.69, 9.17) is 18.9 Å². The zero-order valence-corrected chi connectivity index (χ0v) is 16.2. The number of rotatable bonds is 2. The van der Waals surface area contributed by atoms with E-state index in [-0.39, 0.29) is 12.0 Å². The first-order valence-electron chi connectivity index (χ1n) is 10.4. The molecule has 1 amide bonds. The van der Waals surface area contributed by atoms with Gasteiger partial charge in [-0.25, -0.2) is 0 Å². The van der Waals surface area contributed by atoms with Gasteiger partial charge in [-0.3, -0.25) is 4.79 Å². The molecule has 0 bridgehead atoms. The molecule has 2 aromatic rings. The zero-order chi connectivity index (χ0) is 19.4. The number of benzene rings is 2. The summed E-state index contributed by atoms with van der Waals surface area (Å²) in [4.78, 5) is 15.8. The number of anilines is 1. The molecule has 4 aliphatic rings. The third kappa shape index (κ3) is 2.42. The Bertz CT molecular complexity index is 983. The van der Waals surface area contributed by atoms with Crippen molar-refractivity contribution in [1.82, 2.24) is 0 Å². The minimum absolute atomic E-state index is 0.0578. The normalized spacial score (nSPS) is 27.0. The number of carbonyl (C=O) groups is 1. The lowest BCUT2D eigenvalue weighted by Gasteiger charge is -2.25. The first-order valence-corrected chi connectivity index (χ1v) is 10.4. The molecule has 29 heavy (non-hydrogen) atoms. The van der Waals surface area contributed by atoms with Crippen molar-refractivity contribution < 1.29 is 23.7 Å². The summed E-state index contributed by atoms with van der Waals surface area (Å²) in [7, 11) is 0. The van der Waals surface area contributed by atoms with Gasteiger partial charge in [0.1, 0.15) is 17.8 Å². The Labute approximate surface area is 169 Å². The second-order valence-electron chi connectivity index (χ2n) is 8.11. The molecule has 150 valence electrons. The van der Waals surface area contributed by atoms with Crippen LogP contribution in [0.2, 0.25) is 0 Å². The summed E-state index contributed by atoms with van der Waals surface area (Å²) in [5, 5.41) is 0. The number of hydrogen-bond donors (Lipinski definition) is 0. The molecule has 6 heteroatoms. The van der Waals surface area contributed by atoms with E-state index in [0.29, 0.717) is 43.6 Å². The molecule has 0 radical (unpaired) electrons. The fraction of sp³-hybridized carbons (Fsp3) is 0.435. The number of ether oxygens (including phenoxy) is 4. The summed E-state index contributed by atoms with van der Waals surface area (Å²) in [5.41, 5.74) is 1.98. The largest absolute Gasteiger partial charge is 0.491 e. The van der Waals surface area contributed by atoms with Crippen molar-refractivity contribution in [2.24, 2.45) is 0 Å². The van der Waals surface area contributed by atoms with Gasteiger partial charge in [0.05, 0.1) is 25.9 Å². The Morgan fingerprint density at radius 1 is 0.931 bits per heavy atom. The number of fused-ring (bicyclic) bond motifs is 5. The molecule has 2 atom stereocenters. The first-order chi connectivity index (χ1) is 14.3. The Morgan fingerprint density at radius 3 is 2.59 bits per heavy atom. The predicted octanol–water partition coefficient (Wildman–Crippen LogP) is 3.05. The van der Waals surface area contributed by atoms with Gasteiger partial charge >= 0.3 is 0 Å². The van der Waals surface area contributed by atoms with Gasteiger partial charge < -0.3 is 23.8 Å². The fourth-order valence-corrected chi connectivity index (χ4v) is 5.00. The highest BCUT2D eigenvalue weighted by Crippen LogP contribution is 2.54. The van der Waals surface area contributed by atoms with E-state index in [1.165, 1.54) is 0 Å². The lowest BCUT2D eigenvalue weighted by atomic mass is 9.77.